The molecule has 0 spiro atoms. The molecule has 1 unspecified atom stereocenters. The van der Waals surface area contributed by atoms with Crippen LogP contribution in [-0.4, -0.2) is 0 Å². The SMILES string of the molecule is C1=CC2=C(CC1)c1ccccc1C2(c1ccc(-c2ccccc2)cc1)c1ccc(-c2cccc3c2oc2ccccc23)cc1. The van der Waals surface area contributed by atoms with Crippen LogP contribution in [0.2, 0.25) is 0 Å². The van der Waals surface area contributed by atoms with E-state index in [2.05, 4.69) is 152 Å². The molecule has 1 nitrogen and oxygen atoms in total. The highest BCUT2D eigenvalue weighted by molar-refractivity contribution is 6.09. The standard InChI is InChI=1S/C43H30O/c1-2-11-29(12-3-1)30-21-25-32(26-22-30)43(39-18-7-4-13-35(39)36-14-5-8-19-40(36)43)33-27-23-31(24-28-33)34-16-10-17-38-37-15-6-9-20-41(37)44-42(34)38/h1-4,6-13,15-28H,5,14H2. The fraction of sp³-hybridized carbons (Fsp3) is 0.0698. The van der Waals surface area contributed by atoms with Crippen LogP contribution in [0, 0.1) is 0 Å². The lowest BCUT2D eigenvalue weighted by molar-refractivity contribution is 0.670. The second-order valence-electron chi connectivity index (χ2n) is 11.9. The summed E-state index contributed by atoms with van der Waals surface area (Å²) in [5, 5.41) is 2.31. The summed E-state index contributed by atoms with van der Waals surface area (Å²) in [4.78, 5) is 0. The number of furan rings is 1. The van der Waals surface area contributed by atoms with Gasteiger partial charge in [-0.1, -0.05) is 152 Å². The molecule has 0 amide bonds. The Morgan fingerprint density at radius 2 is 1.14 bits per heavy atom. The van der Waals surface area contributed by atoms with Crippen LogP contribution in [0.4, 0.5) is 0 Å². The van der Waals surface area contributed by atoms with E-state index in [9.17, 15) is 0 Å². The molecular weight excluding hydrogens is 532 g/mol. The van der Waals surface area contributed by atoms with Crippen LogP contribution in [-0.2, 0) is 5.41 Å². The van der Waals surface area contributed by atoms with Gasteiger partial charge >= 0.3 is 0 Å². The Balaban J connectivity index is 1.24. The molecule has 0 N–H and O–H groups in total. The largest absolute Gasteiger partial charge is 0.455 e. The first-order valence-electron chi connectivity index (χ1n) is 15.5. The highest BCUT2D eigenvalue weighted by Gasteiger charge is 2.47. The van der Waals surface area contributed by atoms with Crippen molar-refractivity contribution in [1.82, 2.24) is 0 Å². The molecule has 208 valence electrons. The normalized spacial score (nSPS) is 17.3. The lowest BCUT2D eigenvalue weighted by atomic mass is 9.66. The third-order valence-corrected chi connectivity index (χ3v) is 9.69. The fourth-order valence-electron chi connectivity index (χ4n) is 7.72. The number of benzene rings is 6. The zero-order valence-corrected chi connectivity index (χ0v) is 24.3. The fourth-order valence-corrected chi connectivity index (χ4v) is 7.72. The van der Waals surface area contributed by atoms with E-state index in [1.165, 1.54) is 44.5 Å². The quantitative estimate of drug-likeness (QED) is 0.208. The monoisotopic (exact) mass is 562 g/mol. The van der Waals surface area contributed by atoms with E-state index in [0.717, 1.165) is 45.9 Å². The van der Waals surface area contributed by atoms with Crippen LogP contribution in [0.3, 0.4) is 0 Å². The molecule has 7 aromatic rings. The minimum atomic E-state index is -0.387. The summed E-state index contributed by atoms with van der Waals surface area (Å²) in [7, 11) is 0. The number of allylic oxidation sites excluding steroid dienone is 4. The van der Waals surface area contributed by atoms with Crippen molar-refractivity contribution in [2.75, 3.05) is 0 Å². The van der Waals surface area contributed by atoms with Crippen molar-refractivity contribution in [3.63, 3.8) is 0 Å². The van der Waals surface area contributed by atoms with Gasteiger partial charge in [0.25, 0.3) is 0 Å². The van der Waals surface area contributed by atoms with Crippen molar-refractivity contribution in [1.29, 1.82) is 0 Å². The van der Waals surface area contributed by atoms with Crippen molar-refractivity contribution in [3.8, 4) is 22.3 Å². The first kappa shape index (κ1) is 25.1. The predicted molar refractivity (Wildman–Crippen MR) is 183 cm³/mol. The van der Waals surface area contributed by atoms with Crippen molar-refractivity contribution >= 4 is 27.5 Å². The minimum Gasteiger partial charge on any atom is -0.455 e. The first-order chi connectivity index (χ1) is 21.8. The van der Waals surface area contributed by atoms with Crippen molar-refractivity contribution in [2.45, 2.75) is 18.3 Å². The third-order valence-electron chi connectivity index (χ3n) is 9.69. The highest BCUT2D eigenvalue weighted by Crippen LogP contribution is 2.57. The molecule has 1 heterocycles. The Morgan fingerprint density at radius 1 is 0.500 bits per heavy atom. The summed E-state index contributed by atoms with van der Waals surface area (Å²) in [6, 6.07) is 53.0. The van der Waals surface area contributed by atoms with Crippen LogP contribution < -0.4 is 0 Å². The molecule has 1 heteroatoms. The van der Waals surface area contributed by atoms with E-state index in [-0.39, 0.29) is 5.41 Å². The zero-order chi connectivity index (χ0) is 29.1. The lowest BCUT2D eigenvalue weighted by Gasteiger charge is -2.35. The van der Waals surface area contributed by atoms with Gasteiger partial charge in [0.1, 0.15) is 11.2 Å². The molecule has 0 aliphatic heterocycles. The van der Waals surface area contributed by atoms with Crippen LogP contribution in [0.1, 0.15) is 35.1 Å². The summed E-state index contributed by atoms with van der Waals surface area (Å²) < 4.78 is 6.41. The topological polar surface area (TPSA) is 13.1 Å². The summed E-state index contributed by atoms with van der Waals surface area (Å²) >= 11 is 0. The Bertz CT molecular complexity index is 2250. The molecule has 0 saturated heterocycles. The van der Waals surface area contributed by atoms with Gasteiger partial charge in [0, 0.05) is 16.3 Å². The van der Waals surface area contributed by atoms with Crippen LogP contribution >= 0.6 is 0 Å². The maximum Gasteiger partial charge on any atom is 0.143 e. The smallest absolute Gasteiger partial charge is 0.143 e. The Labute approximate surface area is 257 Å². The molecule has 1 atom stereocenters. The lowest BCUT2D eigenvalue weighted by Crippen LogP contribution is -2.29. The van der Waals surface area contributed by atoms with Gasteiger partial charge in [0.15, 0.2) is 0 Å². The molecule has 0 radical (unpaired) electrons. The van der Waals surface area contributed by atoms with Gasteiger partial charge in [-0.2, -0.15) is 0 Å². The Kier molecular flexibility index (Phi) is 5.61. The maximum absolute atomic E-state index is 6.41. The Hall–Kier alpha value is -5.40. The van der Waals surface area contributed by atoms with Gasteiger partial charge < -0.3 is 4.42 Å². The van der Waals surface area contributed by atoms with E-state index < -0.39 is 0 Å². The minimum absolute atomic E-state index is 0.387. The van der Waals surface area contributed by atoms with Gasteiger partial charge in [-0.15, -0.1) is 0 Å². The van der Waals surface area contributed by atoms with Crippen LogP contribution in [0.25, 0.3) is 49.8 Å². The molecule has 1 aromatic heterocycles. The average molecular weight is 563 g/mol. The maximum atomic E-state index is 6.41. The van der Waals surface area contributed by atoms with E-state index in [0.29, 0.717) is 0 Å². The molecule has 0 fully saturated rings. The number of fused-ring (bicyclic) bond motifs is 5. The molecule has 6 aromatic carbocycles. The third kappa shape index (κ3) is 3.59. The van der Waals surface area contributed by atoms with Gasteiger partial charge in [0.05, 0.1) is 5.41 Å². The van der Waals surface area contributed by atoms with E-state index in [1.807, 2.05) is 6.07 Å². The van der Waals surface area contributed by atoms with Gasteiger partial charge in [-0.05, 0) is 69.0 Å². The summed E-state index contributed by atoms with van der Waals surface area (Å²) in [5.41, 5.74) is 14.5. The number of para-hydroxylation sites is 2. The summed E-state index contributed by atoms with van der Waals surface area (Å²) in [5.74, 6) is 0. The molecule has 2 aliphatic carbocycles. The Morgan fingerprint density at radius 3 is 1.95 bits per heavy atom. The molecular formula is C43H30O. The van der Waals surface area contributed by atoms with E-state index >= 15 is 0 Å². The van der Waals surface area contributed by atoms with E-state index in [4.69, 9.17) is 4.42 Å². The van der Waals surface area contributed by atoms with Gasteiger partial charge in [-0.25, -0.2) is 0 Å². The zero-order valence-electron chi connectivity index (χ0n) is 24.3. The summed E-state index contributed by atoms with van der Waals surface area (Å²) in [6.45, 7) is 0. The molecule has 0 bridgehead atoms. The first-order valence-corrected chi connectivity index (χ1v) is 15.5. The molecule has 9 rings (SSSR count). The van der Waals surface area contributed by atoms with Gasteiger partial charge in [0.2, 0.25) is 0 Å². The van der Waals surface area contributed by atoms with Crippen molar-refractivity contribution in [2.24, 2.45) is 0 Å². The highest BCUT2D eigenvalue weighted by atomic mass is 16.3. The van der Waals surface area contributed by atoms with Crippen molar-refractivity contribution < 1.29 is 4.42 Å². The number of hydrogen-bond acceptors (Lipinski definition) is 1. The van der Waals surface area contributed by atoms with Crippen LogP contribution in [0.5, 0.6) is 0 Å². The second-order valence-corrected chi connectivity index (χ2v) is 11.9. The molecule has 2 aliphatic rings. The van der Waals surface area contributed by atoms with Crippen molar-refractivity contribution in [3.05, 3.63) is 186 Å². The molecule has 0 saturated carbocycles. The number of rotatable bonds is 4. The molecule has 44 heavy (non-hydrogen) atoms. The second kappa shape index (κ2) is 9.82. The van der Waals surface area contributed by atoms with Crippen LogP contribution in [0.15, 0.2) is 168 Å². The number of hydrogen-bond donors (Lipinski definition) is 0. The van der Waals surface area contributed by atoms with E-state index in [1.54, 1.807) is 0 Å². The average Bonchev–Trinajstić information content (AvgIpc) is 3.63. The van der Waals surface area contributed by atoms with Gasteiger partial charge in [-0.3, -0.25) is 0 Å². The predicted octanol–water partition coefficient (Wildman–Crippen LogP) is 11.4. The summed E-state index contributed by atoms with van der Waals surface area (Å²) in [6.07, 6.45) is 6.90.